The quantitative estimate of drug-likeness (QED) is 0.886. The number of hydrogen-bond donors (Lipinski definition) is 2. The first-order valence-electron chi connectivity index (χ1n) is 6.61. The van der Waals surface area contributed by atoms with E-state index in [0.29, 0.717) is 22.1 Å². The van der Waals surface area contributed by atoms with E-state index in [-0.39, 0.29) is 11.7 Å². The summed E-state index contributed by atoms with van der Waals surface area (Å²) in [6.45, 7) is 5.01. The van der Waals surface area contributed by atoms with Crippen molar-refractivity contribution in [2.75, 3.05) is 11.9 Å². The second-order valence-electron chi connectivity index (χ2n) is 4.85. The van der Waals surface area contributed by atoms with Crippen molar-refractivity contribution in [2.45, 2.75) is 26.8 Å². The van der Waals surface area contributed by atoms with E-state index in [2.05, 4.69) is 21.7 Å². The summed E-state index contributed by atoms with van der Waals surface area (Å²) < 4.78 is 5.31. The zero-order chi connectivity index (χ0) is 15.0. The fraction of sp³-hybridized carbons (Fsp3) is 0.357. The number of oxazole rings is 1. The van der Waals surface area contributed by atoms with Crippen molar-refractivity contribution in [3.8, 4) is 6.07 Å². The Morgan fingerprint density at radius 1 is 1.52 bits per heavy atom. The van der Waals surface area contributed by atoms with Crippen LogP contribution < -0.4 is 10.6 Å². The molecule has 0 aromatic carbocycles. The fourth-order valence-electron chi connectivity index (χ4n) is 2.44. The van der Waals surface area contributed by atoms with E-state index in [1.807, 2.05) is 0 Å². The van der Waals surface area contributed by atoms with Crippen molar-refractivity contribution in [3.63, 3.8) is 0 Å². The molecule has 2 aromatic heterocycles. The van der Waals surface area contributed by atoms with Crippen LogP contribution in [-0.4, -0.2) is 17.4 Å². The minimum Gasteiger partial charge on any atom is -0.436 e. The first-order valence-corrected chi connectivity index (χ1v) is 7.42. The molecule has 3 heterocycles. The molecule has 1 aliphatic rings. The van der Waals surface area contributed by atoms with Crippen LogP contribution in [0.5, 0.6) is 0 Å². The summed E-state index contributed by atoms with van der Waals surface area (Å²) in [4.78, 5) is 17.5. The van der Waals surface area contributed by atoms with Crippen molar-refractivity contribution in [1.82, 2.24) is 10.3 Å². The van der Waals surface area contributed by atoms with Crippen LogP contribution in [0, 0.1) is 25.2 Å². The predicted octanol–water partition coefficient (Wildman–Crippen LogP) is 2.12. The van der Waals surface area contributed by atoms with E-state index >= 15 is 0 Å². The number of hydrogen-bond acceptors (Lipinski definition) is 6. The van der Waals surface area contributed by atoms with Gasteiger partial charge in [-0.15, -0.1) is 11.3 Å². The molecule has 0 saturated heterocycles. The van der Waals surface area contributed by atoms with Gasteiger partial charge in [0.15, 0.2) is 5.89 Å². The van der Waals surface area contributed by atoms with Crippen molar-refractivity contribution in [2.24, 2.45) is 0 Å². The van der Waals surface area contributed by atoms with Gasteiger partial charge in [-0.3, -0.25) is 4.79 Å². The summed E-state index contributed by atoms with van der Waals surface area (Å²) in [7, 11) is 0. The molecule has 1 aliphatic heterocycles. The maximum atomic E-state index is 12.3. The van der Waals surface area contributed by atoms with Crippen LogP contribution in [-0.2, 0) is 13.0 Å². The van der Waals surface area contributed by atoms with E-state index in [9.17, 15) is 10.1 Å². The lowest BCUT2D eigenvalue weighted by atomic mass is 10.1. The summed E-state index contributed by atoms with van der Waals surface area (Å²) in [5, 5.41) is 16.0. The Bertz CT molecular complexity index is 754. The predicted molar refractivity (Wildman–Crippen MR) is 78.4 cm³/mol. The van der Waals surface area contributed by atoms with Gasteiger partial charge in [-0.2, -0.15) is 5.26 Å². The first kappa shape index (κ1) is 13.8. The van der Waals surface area contributed by atoms with Crippen LogP contribution in [0.15, 0.2) is 4.42 Å². The standard InChI is InChI=1S/C14H14N4O2S/c1-7-12(20-8(2)17-7)13(19)18-14-10(5-15)9-3-4-16-6-11(9)21-14/h16H,3-4,6H2,1-2H3,(H,18,19). The fourth-order valence-corrected chi connectivity index (χ4v) is 3.61. The summed E-state index contributed by atoms with van der Waals surface area (Å²) in [6.07, 6.45) is 0.811. The van der Waals surface area contributed by atoms with Crippen LogP contribution in [0.3, 0.4) is 0 Å². The van der Waals surface area contributed by atoms with Gasteiger partial charge in [-0.25, -0.2) is 4.98 Å². The monoisotopic (exact) mass is 302 g/mol. The third-order valence-electron chi connectivity index (χ3n) is 3.38. The Morgan fingerprint density at radius 3 is 3.00 bits per heavy atom. The Balaban J connectivity index is 1.92. The molecule has 0 unspecified atom stereocenters. The number of carbonyl (C=O) groups is 1. The maximum absolute atomic E-state index is 12.3. The molecule has 0 bridgehead atoms. The lowest BCUT2D eigenvalue weighted by Crippen LogP contribution is -2.22. The van der Waals surface area contributed by atoms with Gasteiger partial charge in [0, 0.05) is 18.3 Å². The van der Waals surface area contributed by atoms with E-state index < -0.39 is 0 Å². The van der Waals surface area contributed by atoms with Gasteiger partial charge in [0.1, 0.15) is 11.1 Å². The molecule has 0 fully saturated rings. The highest BCUT2D eigenvalue weighted by atomic mass is 32.1. The van der Waals surface area contributed by atoms with Gasteiger partial charge in [0.25, 0.3) is 5.91 Å². The molecule has 0 aliphatic carbocycles. The van der Waals surface area contributed by atoms with Gasteiger partial charge in [0.2, 0.25) is 5.76 Å². The molecule has 3 rings (SSSR count). The molecular formula is C14H14N4O2S. The topological polar surface area (TPSA) is 91.0 Å². The summed E-state index contributed by atoms with van der Waals surface area (Å²) in [5.74, 6) is 0.282. The number of carbonyl (C=O) groups excluding carboxylic acids is 1. The van der Waals surface area contributed by atoms with Gasteiger partial charge >= 0.3 is 0 Å². The third-order valence-corrected chi connectivity index (χ3v) is 4.52. The maximum Gasteiger partial charge on any atom is 0.294 e. The second-order valence-corrected chi connectivity index (χ2v) is 5.95. The number of rotatable bonds is 2. The van der Waals surface area contributed by atoms with Crippen LogP contribution in [0.4, 0.5) is 5.00 Å². The third kappa shape index (κ3) is 2.44. The Morgan fingerprint density at radius 2 is 2.33 bits per heavy atom. The molecule has 7 heteroatoms. The lowest BCUT2D eigenvalue weighted by molar-refractivity contribution is 0.0995. The van der Waals surface area contributed by atoms with Crippen LogP contribution in [0.25, 0.3) is 0 Å². The highest BCUT2D eigenvalue weighted by Crippen LogP contribution is 2.35. The number of anilines is 1. The smallest absolute Gasteiger partial charge is 0.294 e. The average molecular weight is 302 g/mol. The molecule has 2 aromatic rings. The van der Waals surface area contributed by atoms with Crippen molar-refractivity contribution in [3.05, 3.63) is 33.3 Å². The average Bonchev–Trinajstić information content (AvgIpc) is 2.97. The number of nitriles is 1. The summed E-state index contributed by atoms with van der Waals surface area (Å²) in [6, 6.07) is 2.20. The highest BCUT2D eigenvalue weighted by Gasteiger charge is 2.23. The summed E-state index contributed by atoms with van der Waals surface area (Å²) in [5.41, 5.74) is 2.16. The van der Waals surface area contributed by atoms with Gasteiger partial charge in [-0.1, -0.05) is 0 Å². The Labute approximate surface area is 125 Å². The number of aryl methyl sites for hydroxylation is 2. The lowest BCUT2D eigenvalue weighted by Gasteiger charge is -2.11. The van der Waals surface area contributed by atoms with E-state index in [0.717, 1.165) is 30.0 Å². The molecule has 6 nitrogen and oxygen atoms in total. The molecule has 1 amide bonds. The second kappa shape index (κ2) is 5.31. The van der Waals surface area contributed by atoms with E-state index in [4.69, 9.17) is 4.42 Å². The van der Waals surface area contributed by atoms with Gasteiger partial charge in [-0.05, 0) is 25.5 Å². The number of nitrogens with one attached hydrogen (secondary N) is 2. The number of nitrogens with zero attached hydrogens (tertiary/aromatic N) is 2. The van der Waals surface area contributed by atoms with Crippen LogP contribution in [0.2, 0.25) is 0 Å². The largest absolute Gasteiger partial charge is 0.436 e. The minimum absolute atomic E-state index is 0.195. The number of thiophene rings is 1. The Hall–Kier alpha value is -2.17. The minimum atomic E-state index is -0.365. The Kier molecular flexibility index (Phi) is 3.49. The molecule has 21 heavy (non-hydrogen) atoms. The zero-order valence-corrected chi connectivity index (χ0v) is 12.6. The number of amides is 1. The molecule has 0 saturated carbocycles. The molecule has 0 radical (unpaired) electrons. The van der Waals surface area contributed by atoms with Crippen molar-refractivity contribution < 1.29 is 9.21 Å². The number of aromatic nitrogens is 1. The molecule has 0 atom stereocenters. The molecule has 108 valence electrons. The normalized spacial score (nSPS) is 13.6. The first-order chi connectivity index (χ1) is 10.1. The SMILES string of the molecule is Cc1nc(C)c(C(=O)Nc2sc3c(c2C#N)CCNC3)o1. The molecular weight excluding hydrogens is 288 g/mol. The number of fused-ring (bicyclic) bond motifs is 1. The van der Waals surface area contributed by atoms with Crippen LogP contribution in [0.1, 0.15) is 38.1 Å². The van der Waals surface area contributed by atoms with Crippen LogP contribution >= 0.6 is 11.3 Å². The highest BCUT2D eigenvalue weighted by molar-refractivity contribution is 7.16. The molecule has 2 N–H and O–H groups in total. The zero-order valence-electron chi connectivity index (χ0n) is 11.7. The summed E-state index contributed by atoms with van der Waals surface area (Å²) >= 11 is 1.44. The van der Waals surface area contributed by atoms with Crippen molar-refractivity contribution in [1.29, 1.82) is 5.26 Å². The van der Waals surface area contributed by atoms with Gasteiger partial charge < -0.3 is 15.1 Å². The van der Waals surface area contributed by atoms with E-state index in [1.54, 1.807) is 13.8 Å². The van der Waals surface area contributed by atoms with E-state index in [1.165, 1.54) is 11.3 Å². The van der Waals surface area contributed by atoms with Crippen molar-refractivity contribution >= 4 is 22.2 Å². The van der Waals surface area contributed by atoms with Gasteiger partial charge in [0.05, 0.1) is 11.3 Å². The molecule has 0 spiro atoms.